The highest BCUT2D eigenvalue weighted by Gasteiger charge is 2.45. The molecule has 1 saturated heterocycles. The molecule has 2 aromatic heterocycles. The Labute approximate surface area is 201 Å². The number of nitrogens with zero attached hydrogens (tertiary/aromatic N) is 3. The number of benzene rings is 1. The van der Waals surface area contributed by atoms with Crippen LogP contribution in [0.3, 0.4) is 0 Å². The first-order valence-electron chi connectivity index (χ1n) is 12.2. The van der Waals surface area contributed by atoms with Crippen molar-refractivity contribution in [1.29, 1.82) is 0 Å². The largest absolute Gasteiger partial charge is 0.496 e. The number of quaternary nitrogens is 1. The van der Waals surface area contributed by atoms with E-state index < -0.39 is 0 Å². The van der Waals surface area contributed by atoms with E-state index in [2.05, 4.69) is 25.2 Å². The van der Waals surface area contributed by atoms with Gasteiger partial charge in [-0.05, 0) is 49.6 Å². The van der Waals surface area contributed by atoms with Crippen molar-refractivity contribution >= 4 is 11.2 Å². The molecule has 0 bridgehead atoms. The summed E-state index contributed by atoms with van der Waals surface area (Å²) in [6, 6.07) is 10.9. The van der Waals surface area contributed by atoms with Crippen LogP contribution < -0.4 is 18.7 Å². The van der Waals surface area contributed by atoms with E-state index in [1.165, 1.54) is 12.8 Å². The molecule has 5 rings (SSSR count). The Morgan fingerprint density at radius 3 is 2.26 bits per heavy atom. The molecular formula is C27H36N3O4+. The van der Waals surface area contributed by atoms with Gasteiger partial charge in [0.1, 0.15) is 17.0 Å². The summed E-state index contributed by atoms with van der Waals surface area (Å²) in [5.41, 5.74) is 5.11. The van der Waals surface area contributed by atoms with Crippen LogP contribution in [0, 0.1) is 12.8 Å². The lowest BCUT2D eigenvalue weighted by Crippen LogP contribution is -2.56. The van der Waals surface area contributed by atoms with Crippen molar-refractivity contribution in [2.75, 3.05) is 48.1 Å². The lowest BCUT2D eigenvalue weighted by atomic mass is 10.0. The van der Waals surface area contributed by atoms with Crippen molar-refractivity contribution in [3.63, 3.8) is 0 Å². The van der Waals surface area contributed by atoms with E-state index in [1.807, 2.05) is 23.6 Å². The fraction of sp³-hybridized carbons (Fsp3) is 0.519. The zero-order valence-corrected chi connectivity index (χ0v) is 21.0. The van der Waals surface area contributed by atoms with Gasteiger partial charge < -0.3 is 18.9 Å². The van der Waals surface area contributed by atoms with Crippen molar-refractivity contribution < 1.29 is 18.9 Å². The third-order valence-electron chi connectivity index (χ3n) is 7.54. The number of hydrogen-bond donors (Lipinski definition) is 0. The van der Waals surface area contributed by atoms with Crippen molar-refractivity contribution in [1.82, 2.24) is 14.1 Å². The number of hydrogen-bond acceptors (Lipinski definition) is 5. The first-order valence-corrected chi connectivity index (χ1v) is 12.2. The van der Waals surface area contributed by atoms with Gasteiger partial charge >= 0.3 is 0 Å². The van der Waals surface area contributed by atoms with Gasteiger partial charge in [0.15, 0.2) is 0 Å². The molecule has 1 saturated carbocycles. The van der Waals surface area contributed by atoms with Crippen LogP contribution in [-0.2, 0) is 4.74 Å². The Hall–Kier alpha value is -2.77. The SMILES string of the molecule is COc1cc(C)cc(OC)c1-c1cccc2c([N+](C)(CC3CC3)C3CCOCC3)c(OC)nn12. The Kier molecular flexibility index (Phi) is 6.16. The Balaban J connectivity index is 1.74. The minimum absolute atomic E-state index is 0.475. The van der Waals surface area contributed by atoms with Crippen LogP contribution in [0.5, 0.6) is 17.4 Å². The first-order chi connectivity index (χ1) is 16.5. The van der Waals surface area contributed by atoms with Crippen molar-refractivity contribution in [2.24, 2.45) is 5.92 Å². The van der Waals surface area contributed by atoms with Gasteiger partial charge in [-0.15, -0.1) is 5.10 Å². The minimum atomic E-state index is 0.475. The smallest absolute Gasteiger partial charge is 0.296 e. The van der Waals surface area contributed by atoms with Crippen LogP contribution in [0.2, 0.25) is 0 Å². The molecule has 3 heterocycles. The summed E-state index contributed by atoms with van der Waals surface area (Å²) >= 11 is 0. The molecule has 3 aromatic rings. The fourth-order valence-electron chi connectivity index (χ4n) is 5.65. The number of aromatic nitrogens is 2. The van der Waals surface area contributed by atoms with Gasteiger partial charge in [0, 0.05) is 18.8 Å². The molecule has 0 N–H and O–H groups in total. The Morgan fingerprint density at radius 2 is 1.68 bits per heavy atom. The van der Waals surface area contributed by atoms with E-state index >= 15 is 0 Å². The van der Waals surface area contributed by atoms with Gasteiger partial charge in [-0.2, -0.15) is 0 Å². The second-order valence-corrected chi connectivity index (χ2v) is 9.85. The average Bonchev–Trinajstić information content (AvgIpc) is 3.58. The predicted molar refractivity (Wildman–Crippen MR) is 134 cm³/mol. The van der Waals surface area contributed by atoms with Crippen molar-refractivity contribution in [3.8, 4) is 28.6 Å². The van der Waals surface area contributed by atoms with Crippen LogP contribution in [0.25, 0.3) is 16.8 Å². The maximum absolute atomic E-state index is 5.95. The van der Waals surface area contributed by atoms with Gasteiger partial charge in [0.05, 0.1) is 65.4 Å². The zero-order chi connectivity index (χ0) is 23.9. The molecule has 1 atom stereocenters. The molecule has 1 aliphatic heterocycles. The van der Waals surface area contributed by atoms with E-state index in [4.69, 9.17) is 24.0 Å². The maximum Gasteiger partial charge on any atom is 0.296 e. The van der Waals surface area contributed by atoms with Crippen LogP contribution in [-0.4, -0.2) is 63.8 Å². The minimum Gasteiger partial charge on any atom is -0.496 e. The lowest BCUT2D eigenvalue weighted by molar-refractivity contribution is 0.0432. The molecule has 0 radical (unpaired) electrons. The van der Waals surface area contributed by atoms with Gasteiger partial charge in [-0.1, -0.05) is 6.07 Å². The highest BCUT2D eigenvalue weighted by molar-refractivity contribution is 5.83. The number of ether oxygens (including phenoxy) is 4. The standard InChI is InChI=1S/C27H36N3O4/c1-18-15-23(31-3)25(24(16-18)32-4)21-7-6-8-22-26(27(33-5)28-29(21)22)30(2,17-19-9-10-19)20-11-13-34-14-12-20/h6-8,15-16,19-20H,9-14,17H2,1-5H3/q+1. The highest BCUT2D eigenvalue weighted by atomic mass is 16.5. The number of aryl methyl sites for hydroxylation is 1. The normalized spacial score (nSPS) is 18.6. The summed E-state index contributed by atoms with van der Waals surface area (Å²) in [6.07, 6.45) is 4.70. The van der Waals surface area contributed by atoms with Crippen LogP contribution >= 0.6 is 0 Å². The van der Waals surface area contributed by atoms with E-state index in [0.29, 0.717) is 11.9 Å². The molecule has 0 spiro atoms. The molecule has 7 nitrogen and oxygen atoms in total. The van der Waals surface area contributed by atoms with E-state index in [1.54, 1.807) is 21.3 Å². The third-order valence-corrected chi connectivity index (χ3v) is 7.54. The summed E-state index contributed by atoms with van der Waals surface area (Å²) in [4.78, 5) is 0. The first kappa shape index (κ1) is 23.0. The monoisotopic (exact) mass is 466 g/mol. The van der Waals surface area contributed by atoms with Crippen LogP contribution in [0.15, 0.2) is 30.3 Å². The molecule has 2 aliphatic rings. The molecule has 1 aliphatic carbocycles. The third kappa shape index (κ3) is 3.91. The molecule has 0 amide bonds. The van der Waals surface area contributed by atoms with Crippen LogP contribution in [0.4, 0.5) is 5.69 Å². The van der Waals surface area contributed by atoms with E-state index in [9.17, 15) is 0 Å². The maximum atomic E-state index is 5.95. The predicted octanol–water partition coefficient (Wildman–Crippen LogP) is 4.86. The van der Waals surface area contributed by atoms with Crippen LogP contribution in [0.1, 0.15) is 31.2 Å². The van der Waals surface area contributed by atoms with E-state index in [-0.39, 0.29) is 0 Å². The van der Waals surface area contributed by atoms with Crippen molar-refractivity contribution in [3.05, 3.63) is 35.9 Å². The van der Waals surface area contributed by atoms with Gasteiger partial charge in [0.2, 0.25) is 5.69 Å². The second kappa shape index (κ2) is 9.12. The fourth-order valence-corrected chi connectivity index (χ4v) is 5.65. The molecule has 182 valence electrons. The quantitative estimate of drug-likeness (QED) is 0.444. The summed E-state index contributed by atoms with van der Waals surface area (Å²) in [7, 11) is 7.49. The summed E-state index contributed by atoms with van der Waals surface area (Å²) in [6.45, 7) is 4.77. The Bertz CT molecular complexity index is 1160. The molecule has 34 heavy (non-hydrogen) atoms. The lowest BCUT2D eigenvalue weighted by Gasteiger charge is -2.42. The zero-order valence-electron chi connectivity index (χ0n) is 21.0. The summed E-state index contributed by atoms with van der Waals surface area (Å²) < 4.78 is 26.1. The number of pyridine rings is 1. The van der Waals surface area contributed by atoms with Gasteiger partial charge in [0.25, 0.3) is 5.88 Å². The van der Waals surface area contributed by atoms with E-state index in [0.717, 1.165) is 82.5 Å². The summed E-state index contributed by atoms with van der Waals surface area (Å²) in [5.74, 6) is 2.97. The van der Waals surface area contributed by atoms with Gasteiger partial charge in [-0.3, -0.25) is 4.48 Å². The molecule has 7 heteroatoms. The second-order valence-electron chi connectivity index (χ2n) is 9.85. The molecular weight excluding hydrogens is 430 g/mol. The topological polar surface area (TPSA) is 54.2 Å². The van der Waals surface area contributed by atoms with Crippen molar-refractivity contribution in [2.45, 2.75) is 38.6 Å². The summed E-state index contributed by atoms with van der Waals surface area (Å²) in [5, 5.41) is 5.01. The Morgan fingerprint density at radius 1 is 1.00 bits per heavy atom. The number of rotatable bonds is 8. The van der Waals surface area contributed by atoms with Gasteiger partial charge in [-0.25, -0.2) is 4.52 Å². The average molecular weight is 467 g/mol. The molecule has 1 unspecified atom stereocenters. The highest BCUT2D eigenvalue weighted by Crippen LogP contribution is 2.46. The number of methoxy groups -OCH3 is 3. The molecule has 2 fully saturated rings. The number of fused-ring (bicyclic) bond motifs is 1. The molecule has 1 aromatic carbocycles.